The monoisotopic (exact) mass is 187 g/mol. The number of likely N-dealkylation sites (tertiary alicyclic amines) is 1. The molecule has 0 aromatic rings. The maximum absolute atomic E-state index is 10.9. The summed E-state index contributed by atoms with van der Waals surface area (Å²) < 4.78 is 0. The number of nitrogens with zero attached hydrogens (tertiary/aromatic N) is 1. The standard InChI is InChI=1S/C9H17NO3/c1-6(2)10-4-3-7(11)5-8(10)9(12)13/h6-8,11H,3-5H2,1-2H3,(H,12,13)/t7-,8+/m1/s1. The van der Waals surface area contributed by atoms with Crippen LogP contribution in [0, 0.1) is 0 Å². The Morgan fingerprint density at radius 1 is 1.54 bits per heavy atom. The van der Waals surface area contributed by atoms with E-state index in [1.807, 2.05) is 18.7 Å². The fourth-order valence-corrected chi connectivity index (χ4v) is 1.83. The number of carboxylic acid groups (broad SMARTS) is 1. The zero-order valence-corrected chi connectivity index (χ0v) is 8.10. The zero-order chi connectivity index (χ0) is 10.0. The SMILES string of the molecule is CC(C)N1CC[C@@H](O)C[C@H]1C(=O)O. The minimum absolute atomic E-state index is 0.230. The van der Waals surface area contributed by atoms with Crippen LogP contribution in [0.15, 0.2) is 0 Å². The lowest BCUT2D eigenvalue weighted by atomic mass is 9.98. The Balaban J connectivity index is 2.66. The van der Waals surface area contributed by atoms with Crippen LogP contribution in [0.3, 0.4) is 0 Å². The summed E-state index contributed by atoms with van der Waals surface area (Å²) in [5.41, 5.74) is 0. The van der Waals surface area contributed by atoms with Crippen LogP contribution >= 0.6 is 0 Å². The molecule has 0 spiro atoms. The molecule has 0 unspecified atom stereocenters. The first-order valence-corrected chi connectivity index (χ1v) is 4.69. The molecule has 0 aromatic carbocycles. The first-order chi connectivity index (χ1) is 6.02. The van der Waals surface area contributed by atoms with Crippen molar-refractivity contribution in [2.24, 2.45) is 0 Å². The van der Waals surface area contributed by atoms with Gasteiger partial charge < -0.3 is 10.2 Å². The van der Waals surface area contributed by atoms with E-state index >= 15 is 0 Å². The Labute approximate surface area is 78.2 Å². The largest absolute Gasteiger partial charge is 0.480 e. The molecule has 2 N–H and O–H groups in total. The molecule has 4 heteroatoms. The van der Waals surface area contributed by atoms with E-state index in [2.05, 4.69) is 0 Å². The second kappa shape index (κ2) is 4.07. The Morgan fingerprint density at radius 3 is 2.62 bits per heavy atom. The van der Waals surface area contributed by atoms with E-state index in [1.54, 1.807) is 0 Å². The second-order valence-electron chi connectivity index (χ2n) is 3.86. The number of carbonyl (C=O) groups is 1. The van der Waals surface area contributed by atoms with Crippen LogP contribution in [0.2, 0.25) is 0 Å². The maximum atomic E-state index is 10.9. The predicted octanol–water partition coefficient (Wildman–Crippen LogP) is 0.305. The van der Waals surface area contributed by atoms with Gasteiger partial charge in [0.25, 0.3) is 0 Å². The van der Waals surface area contributed by atoms with Gasteiger partial charge in [0.2, 0.25) is 0 Å². The Hall–Kier alpha value is -0.610. The maximum Gasteiger partial charge on any atom is 0.321 e. The molecule has 0 aliphatic carbocycles. The molecular formula is C9H17NO3. The third kappa shape index (κ3) is 2.42. The topological polar surface area (TPSA) is 60.8 Å². The minimum Gasteiger partial charge on any atom is -0.480 e. The van der Waals surface area contributed by atoms with E-state index in [0.29, 0.717) is 19.4 Å². The molecule has 13 heavy (non-hydrogen) atoms. The number of hydrogen-bond donors (Lipinski definition) is 2. The minimum atomic E-state index is -0.826. The average molecular weight is 187 g/mol. The van der Waals surface area contributed by atoms with Gasteiger partial charge in [-0.15, -0.1) is 0 Å². The quantitative estimate of drug-likeness (QED) is 0.653. The lowest BCUT2D eigenvalue weighted by molar-refractivity contribution is -0.147. The highest BCUT2D eigenvalue weighted by Crippen LogP contribution is 2.19. The van der Waals surface area contributed by atoms with E-state index in [-0.39, 0.29) is 6.04 Å². The third-order valence-corrected chi connectivity index (χ3v) is 2.56. The second-order valence-corrected chi connectivity index (χ2v) is 3.86. The predicted molar refractivity (Wildman–Crippen MR) is 48.5 cm³/mol. The fraction of sp³-hybridized carbons (Fsp3) is 0.889. The third-order valence-electron chi connectivity index (χ3n) is 2.56. The van der Waals surface area contributed by atoms with Gasteiger partial charge in [0, 0.05) is 12.6 Å². The van der Waals surface area contributed by atoms with E-state index in [0.717, 1.165) is 0 Å². The van der Waals surface area contributed by atoms with Gasteiger partial charge in [-0.2, -0.15) is 0 Å². The van der Waals surface area contributed by atoms with Gasteiger partial charge >= 0.3 is 5.97 Å². The van der Waals surface area contributed by atoms with E-state index in [4.69, 9.17) is 5.11 Å². The molecule has 0 saturated carbocycles. The smallest absolute Gasteiger partial charge is 0.321 e. The lowest BCUT2D eigenvalue weighted by Gasteiger charge is -2.37. The summed E-state index contributed by atoms with van der Waals surface area (Å²) >= 11 is 0. The molecule has 76 valence electrons. The van der Waals surface area contributed by atoms with Gasteiger partial charge in [0.15, 0.2) is 0 Å². The number of aliphatic hydroxyl groups is 1. The first-order valence-electron chi connectivity index (χ1n) is 4.69. The Morgan fingerprint density at radius 2 is 2.15 bits per heavy atom. The van der Waals surface area contributed by atoms with Crippen molar-refractivity contribution in [2.45, 2.75) is 44.9 Å². The van der Waals surface area contributed by atoms with Crippen molar-refractivity contribution in [3.05, 3.63) is 0 Å². The molecule has 1 saturated heterocycles. The summed E-state index contributed by atoms with van der Waals surface area (Å²) in [4.78, 5) is 12.8. The van der Waals surface area contributed by atoms with Crippen molar-refractivity contribution in [1.29, 1.82) is 0 Å². The molecule has 1 aliphatic rings. The summed E-state index contributed by atoms with van der Waals surface area (Å²) in [5.74, 6) is -0.826. The van der Waals surface area contributed by atoms with Gasteiger partial charge in [-0.25, -0.2) is 0 Å². The lowest BCUT2D eigenvalue weighted by Crippen LogP contribution is -2.51. The fourth-order valence-electron chi connectivity index (χ4n) is 1.83. The van der Waals surface area contributed by atoms with Crippen LogP contribution in [0.5, 0.6) is 0 Å². The van der Waals surface area contributed by atoms with Crippen LogP contribution in [0.1, 0.15) is 26.7 Å². The van der Waals surface area contributed by atoms with Gasteiger partial charge in [0.05, 0.1) is 6.10 Å². The molecule has 0 amide bonds. The highest BCUT2D eigenvalue weighted by atomic mass is 16.4. The normalized spacial score (nSPS) is 30.8. The zero-order valence-electron chi connectivity index (χ0n) is 8.10. The van der Waals surface area contributed by atoms with Gasteiger partial charge in [-0.3, -0.25) is 9.69 Å². The number of piperidine rings is 1. The first kappa shape index (κ1) is 10.5. The summed E-state index contributed by atoms with van der Waals surface area (Å²) in [5, 5.41) is 18.3. The summed E-state index contributed by atoms with van der Waals surface area (Å²) in [6.45, 7) is 4.64. The van der Waals surface area contributed by atoms with Crippen molar-refractivity contribution in [1.82, 2.24) is 4.90 Å². The van der Waals surface area contributed by atoms with Gasteiger partial charge in [-0.05, 0) is 26.7 Å². The molecule has 0 aromatic heterocycles. The Bertz CT molecular complexity index is 193. The van der Waals surface area contributed by atoms with Crippen molar-refractivity contribution in [2.75, 3.05) is 6.54 Å². The number of aliphatic carboxylic acids is 1. The van der Waals surface area contributed by atoms with Crippen LogP contribution < -0.4 is 0 Å². The van der Waals surface area contributed by atoms with Crippen molar-refractivity contribution in [3.8, 4) is 0 Å². The number of hydrogen-bond acceptors (Lipinski definition) is 3. The van der Waals surface area contributed by atoms with Crippen LogP contribution in [-0.4, -0.2) is 45.8 Å². The molecule has 4 nitrogen and oxygen atoms in total. The van der Waals surface area contributed by atoms with Crippen LogP contribution in [0.25, 0.3) is 0 Å². The number of rotatable bonds is 2. The molecule has 2 atom stereocenters. The molecule has 1 aliphatic heterocycles. The number of carboxylic acids is 1. The average Bonchev–Trinajstić information content (AvgIpc) is 2.03. The number of aliphatic hydroxyl groups excluding tert-OH is 1. The van der Waals surface area contributed by atoms with Crippen LogP contribution in [0.4, 0.5) is 0 Å². The molecule has 0 bridgehead atoms. The van der Waals surface area contributed by atoms with Crippen LogP contribution in [-0.2, 0) is 4.79 Å². The van der Waals surface area contributed by atoms with Crippen molar-refractivity contribution in [3.63, 3.8) is 0 Å². The molecule has 1 fully saturated rings. The molecule has 1 heterocycles. The molecule has 1 rings (SSSR count). The van der Waals surface area contributed by atoms with E-state index in [9.17, 15) is 9.90 Å². The molecule has 0 radical (unpaired) electrons. The summed E-state index contributed by atoms with van der Waals surface area (Å²) in [7, 11) is 0. The highest BCUT2D eigenvalue weighted by molar-refractivity contribution is 5.73. The van der Waals surface area contributed by atoms with Gasteiger partial charge in [-0.1, -0.05) is 0 Å². The van der Waals surface area contributed by atoms with Crippen molar-refractivity contribution < 1.29 is 15.0 Å². The Kier molecular flexibility index (Phi) is 3.27. The van der Waals surface area contributed by atoms with Crippen molar-refractivity contribution >= 4 is 5.97 Å². The summed E-state index contributed by atoms with van der Waals surface area (Å²) in [6, 6.07) is -0.280. The highest BCUT2D eigenvalue weighted by Gasteiger charge is 2.33. The van der Waals surface area contributed by atoms with Gasteiger partial charge in [0.1, 0.15) is 6.04 Å². The van der Waals surface area contributed by atoms with E-state index in [1.165, 1.54) is 0 Å². The van der Waals surface area contributed by atoms with E-state index < -0.39 is 18.1 Å². The summed E-state index contributed by atoms with van der Waals surface area (Å²) in [6.07, 6.45) is 0.589. The molecular weight excluding hydrogens is 170 g/mol.